The number of piperidine rings is 2. The third-order valence-corrected chi connectivity index (χ3v) is 10.8. The van der Waals surface area contributed by atoms with Gasteiger partial charge in [0.1, 0.15) is 0 Å². The second kappa shape index (κ2) is 21.8. The number of anilines is 2. The molecule has 0 amide bonds. The lowest BCUT2D eigenvalue weighted by atomic mass is 9.97. The van der Waals surface area contributed by atoms with Crippen LogP contribution in [0.1, 0.15) is 107 Å². The molecule has 0 aromatic heterocycles. The molecule has 0 spiro atoms. The van der Waals surface area contributed by atoms with Crippen molar-refractivity contribution in [3.05, 3.63) is 117 Å². The highest BCUT2D eigenvalue weighted by molar-refractivity contribution is 6.33. The Morgan fingerprint density at radius 3 is 1.78 bits per heavy atom. The van der Waals surface area contributed by atoms with Crippen molar-refractivity contribution in [3.63, 3.8) is 0 Å². The van der Waals surface area contributed by atoms with E-state index in [4.69, 9.17) is 36.4 Å². The van der Waals surface area contributed by atoms with Crippen LogP contribution in [0.2, 0.25) is 5.02 Å². The van der Waals surface area contributed by atoms with Gasteiger partial charge in [-0.2, -0.15) is 13.2 Å². The van der Waals surface area contributed by atoms with E-state index >= 15 is 0 Å². The largest absolute Gasteiger partial charge is 0.478 e. The molecular formula is C45H52ClF3N2O8. The summed E-state index contributed by atoms with van der Waals surface area (Å²) in [6.45, 7) is 6.50. The standard InChI is InChI=1S/C16H23NO3.C15H13ClO3.C14H16F3NO2/c1-3-14-6-4-5-9-17(14)15-8-7-12(16(18)19)10-13(15)11-20-2;1-19-9-11-8-10(15(17)18)6-7-12(11)13-4-2-3-5-14(13)16;1-9-4-2-3-7-18(9)12-6-5-10(13(19)20)8-11(12)14(15,16)17/h7-8,10,14H,3-6,9,11H2,1-2H3,(H,18,19);2-8H,9H2,1H3,(H,17,18);5-6,8-9H,2-4,7H2,1H3,(H,19,20). The molecule has 2 fully saturated rings. The number of ether oxygens (including phenoxy) is 2. The molecule has 0 aliphatic carbocycles. The first-order valence-electron chi connectivity index (χ1n) is 19.5. The third-order valence-electron chi connectivity index (χ3n) is 10.5. The predicted molar refractivity (Wildman–Crippen MR) is 223 cm³/mol. The van der Waals surface area contributed by atoms with E-state index in [-0.39, 0.29) is 22.9 Å². The Balaban J connectivity index is 0.000000196. The topological polar surface area (TPSA) is 137 Å². The van der Waals surface area contributed by atoms with Crippen molar-refractivity contribution >= 4 is 40.9 Å². The summed E-state index contributed by atoms with van der Waals surface area (Å²) in [5.41, 5.74) is 4.08. The molecule has 4 aromatic rings. The molecule has 3 N–H and O–H groups in total. The fourth-order valence-corrected chi connectivity index (χ4v) is 7.80. The second-order valence-electron chi connectivity index (χ2n) is 14.5. The van der Waals surface area contributed by atoms with Gasteiger partial charge in [0.2, 0.25) is 0 Å². The maximum atomic E-state index is 13.2. The van der Waals surface area contributed by atoms with Crippen LogP contribution >= 0.6 is 11.6 Å². The van der Waals surface area contributed by atoms with E-state index in [2.05, 4.69) is 11.8 Å². The normalized spacial score (nSPS) is 16.6. The van der Waals surface area contributed by atoms with Gasteiger partial charge in [0.05, 0.1) is 35.5 Å². The summed E-state index contributed by atoms with van der Waals surface area (Å²) < 4.78 is 49.8. The number of alkyl halides is 3. The summed E-state index contributed by atoms with van der Waals surface area (Å²) in [7, 11) is 3.22. The Kier molecular flexibility index (Phi) is 17.2. The van der Waals surface area contributed by atoms with Gasteiger partial charge < -0.3 is 34.6 Å². The molecule has 2 atom stereocenters. The lowest BCUT2D eigenvalue weighted by Gasteiger charge is -2.38. The zero-order valence-corrected chi connectivity index (χ0v) is 34.5. The van der Waals surface area contributed by atoms with Gasteiger partial charge in [-0.1, -0.05) is 42.8 Å². The van der Waals surface area contributed by atoms with Gasteiger partial charge in [0.25, 0.3) is 0 Å². The Morgan fingerprint density at radius 1 is 0.695 bits per heavy atom. The van der Waals surface area contributed by atoms with Crippen LogP contribution in [0.25, 0.3) is 11.1 Å². The van der Waals surface area contributed by atoms with Crippen LogP contribution in [0.15, 0.2) is 78.9 Å². The Bertz CT molecular complexity index is 2060. The van der Waals surface area contributed by atoms with E-state index < -0.39 is 29.6 Å². The molecule has 0 bridgehead atoms. The van der Waals surface area contributed by atoms with Crippen LogP contribution in [-0.2, 0) is 28.9 Å². The lowest BCUT2D eigenvalue weighted by Crippen LogP contribution is -2.39. The lowest BCUT2D eigenvalue weighted by molar-refractivity contribution is -0.137. The highest BCUT2D eigenvalue weighted by Crippen LogP contribution is 2.39. The minimum Gasteiger partial charge on any atom is -0.478 e. The van der Waals surface area contributed by atoms with Crippen LogP contribution < -0.4 is 9.80 Å². The van der Waals surface area contributed by atoms with E-state index in [1.165, 1.54) is 31.4 Å². The van der Waals surface area contributed by atoms with Gasteiger partial charge in [-0.25, -0.2) is 14.4 Å². The van der Waals surface area contributed by atoms with E-state index in [1.807, 2.05) is 31.2 Å². The number of benzene rings is 4. The molecule has 59 heavy (non-hydrogen) atoms. The average Bonchev–Trinajstić information content (AvgIpc) is 3.21. The highest BCUT2D eigenvalue weighted by atomic mass is 35.5. The summed E-state index contributed by atoms with van der Waals surface area (Å²) in [5, 5.41) is 27.6. The van der Waals surface area contributed by atoms with Crippen LogP contribution in [0, 0.1) is 0 Å². The van der Waals surface area contributed by atoms with Crippen molar-refractivity contribution in [2.45, 2.75) is 90.3 Å². The molecule has 0 saturated carbocycles. The fraction of sp³-hybridized carbons (Fsp3) is 0.400. The number of aromatic carboxylic acids is 3. The molecule has 2 aliphatic rings. The second-order valence-corrected chi connectivity index (χ2v) is 14.9. The molecule has 2 aliphatic heterocycles. The average molecular weight is 841 g/mol. The quantitative estimate of drug-likeness (QED) is 0.134. The van der Waals surface area contributed by atoms with Crippen LogP contribution in [0.4, 0.5) is 24.5 Å². The maximum Gasteiger partial charge on any atom is 0.418 e. The number of carboxylic acid groups (broad SMARTS) is 3. The molecule has 0 radical (unpaired) electrons. The third kappa shape index (κ3) is 12.5. The van der Waals surface area contributed by atoms with Gasteiger partial charge in [0, 0.05) is 66.9 Å². The highest BCUT2D eigenvalue weighted by Gasteiger charge is 2.37. The Morgan fingerprint density at radius 2 is 1.22 bits per heavy atom. The number of halogens is 4. The van der Waals surface area contributed by atoms with Crippen molar-refractivity contribution in [3.8, 4) is 11.1 Å². The van der Waals surface area contributed by atoms with Crippen molar-refractivity contribution < 1.29 is 52.3 Å². The number of methoxy groups -OCH3 is 2. The van der Waals surface area contributed by atoms with Crippen LogP contribution in [-0.4, -0.2) is 72.6 Å². The molecule has 2 unspecified atom stereocenters. The molecule has 6 rings (SSSR count). The van der Waals surface area contributed by atoms with E-state index in [9.17, 15) is 27.6 Å². The minimum absolute atomic E-state index is 0.0283. The zero-order valence-electron chi connectivity index (χ0n) is 33.7. The Labute approximate surface area is 348 Å². The van der Waals surface area contributed by atoms with E-state index in [1.54, 1.807) is 55.5 Å². The van der Waals surface area contributed by atoms with Crippen molar-refractivity contribution in [1.29, 1.82) is 0 Å². The number of nitrogens with zero attached hydrogens (tertiary/aromatic N) is 2. The van der Waals surface area contributed by atoms with Crippen LogP contribution in [0.3, 0.4) is 0 Å². The van der Waals surface area contributed by atoms with E-state index in [0.29, 0.717) is 36.4 Å². The molecule has 14 heteroatoms. The van der Waals surface area contributed by atoms with Gasteiger partial charge >= 0.3 is 24.1 Å². The van der Waals surface area contributed by atoms with E-state index in [0.717, 1.165) is 66.2 Å². The van der Waals surface area contributed by atoms with Crippen molar-refractivity contribution in [1.82, 2.24) is 0 Å². The summed E-state index contributed by atoms with van der Waals surface area (Å²) >= 11 is 6.18. The summed E-state index contributed by atoms with van der Waals surface area (Å²) in [6.07, 6.45) is 2.95. The predicted octanol–water partition coefficient (Wildman–Crippen LogP) is 10.9. The van der Waals surface area contributed by atoms with Crippen molar-refractivity contribution in [2.75, 3.05) is 37.1 Å². The number of carboxylic acids is 3. The minimum atomic E-state index is -4.56. The molecule has 2 saturated heterocycles. The molecule has 10 nitrogen and oxygen atoms in total. The summed E-state index contributed by atoms with van der Waals surface area (Å²) in [4.78, 5) is 37.1. The SMILES string of the molecule is CC1CCCCN1c1ccc(C(=O)O)cc1C(F)(F)F.CCC1CCCCN1c1ccc(C(=O)O)cc1COC.COCc1cc(C(=O)O)ccc1-c1ccccc1Cl. The fourth-order valence-electron chi connectivity index (χ4n) is 7.56. The monoisotopic (exact) mass is 840 g/mol. The summed E-state index contributed by atoms with van der Waals surface area (Å²) in [5.74, 6) is -3.20. The number of carbonyl (C=O) groups is 3. The molecule has 318 valence electrons. The Hall–Kier alpha value is -5.11. The maximum absolute atomic E-state index is 13.2. The first-order valence-corrected chi connectivity index (χ1v) is 19.9. The number of hydrogen-bond donors (Lipinski definition) is 3. The zero-order chi connectivity index (χ0) is 43.3. The molecule has 2 heterocycles. The van der Waals surface area contributed by atoms with Gasteiger partial charge in [0.15, 0.2) is 0 Å². The molecule has 4 aromatic carbocycles. The smallest absolute Gasteiger partial charge is 0.418 e. The first-order chi connectivity index (χ1) is 28.1. The van der Waals surface area contributed by atoms with Gasteiger partial charge in [-0.3, -0.25) is 0 Å². The van der Waals surface area contributed by atoms with Gasteiger partial charge in [-0.15, -0.1) is 0 Å². The van der Waals surface area contributed by atoms with Crippen LogP contribution in [0.5, 0.6) is 0 Å². The number of hydrogen-bond acceptors (Lipinski definition) is 7. The number of rotatable bonds is 11. The van der Waals surface area contributed by atoms with Crippen molar-refractivity contribution in [2.24, 2.45) is 0 Å². The molecular weight excluding hydrogens is 789 g/mol. The van der Waals surface area contributed by atoms with Gasteiger partial charge in [-0.05, 0) is 118 Å². The first kappa shape index (κ1) is 46.6. The summed E-state index contributed by atoms with van der Waals surface area (Å²) in [6, 6.07) is 21.6.